The molecule has 0 saturated heterocycles. The molecular weight excluding hydrogens is 644 g/mol. The van der Waals surface area contributed by atoms with Crippen LogP contribution in [0.2, 0.25) is 0 Å². The number of benzene rings is 2. The molecular formula is C37H48F8O3. The van der Waals surface area contributed by atoms with E-state index in [1.807, 2.05) is 6.92 Å². The van der Waals surface area contributed by atoms with Crippen molar-refractivity contribution in [1.29, 1.82) is 0 Å². The summed E-state index contributed by atoms with van der Waals surface area (Å²) in [5, 5.41) is 0. The molecule has 3 nitrogen and oxygen atoms in total. The minimum atomic E-state index is -2.39. The maximum Gasteiger partial charge on any atom is 0.314 e. The molecule has 2 aromatic rings. The molecule has 1 fully saturated rings. The Bertz CT molecular complexity index is 1280. The van der Waals surface area contributed by atoms with E-state index < -0.39 is 81.1 Å². The first kappa shape index (κ1) is 39.6. The summed E-state index contributed by atoms with van der Waals surface area (Å²) in [6, 6.07) is 0. The molecule has 0 aliphatic heterocycles. The first-order valence-corrected chi connectivity index (χ1v) is 17.6. The Kier molecular flexibility index (Phi) is 16.5. The van der Waals surface area contributed by atoms with Crippen molar-refractivity contribution in [3.05, 3.63) is 46.5 Å². The monoisotopic (exact) mass is 692 g/mol. The van der Waals surface area contributed by atoms with Gasteiger partial charge in [-0.15, -0.1) is 0 Å². The number of esters is 1. The molecule has 0 heterocycles. The van der Waals surface area contributed by atoms with Gasteiger partial charge in [-0.3, -0.25) is 4.79 Å². The average Bonchev–Trinajstić information content (AvgIpc) is 3.08. The van der Waals surface area contributed by atoms with Crippen LogP contribution in [-0.4, -0.2) is 12.6 Å². The second kappa shape index (κ2) is 20.0. The highest BCUT2D eigenvalue weighted by Crippen LogP contribution is 2.42. The summed E-state index contributed by atoms with van der Waals surface area (Å²) in [5.74, 6) is -22.9. The number of hydrogen-bond acceptors (Lipinski definition) is 3. The maximum atomic E-state index is 15.1. The van der Waals surface area contributed by atoms with Crippen LogP contribution in [-0.2, 0) is 4.79 Å². The third-order valence-corrected chi connectivity index (χ3v) is 9.29. The number of halogens is 8. The fourth-order valence-corrected chi connectivity index (χ4v) is 6.37. The Hall–Kier alpha value is -2.85. The van der Waals surface area contributed by atoms with Crippen molar-refractivity contribution < 1.29 is 49.4 Å². The SMILES string of the molecule is CCCCCCCCCC[C@H]1CC[C@H](C(=O)Oc2c(F)c(F)c(-c3c(F)c(F)c(OCCCCCCCC)c(F)c3F)c(F)c2F)CC1. The molecule has 0 spiro atoms. The zero-order valence-electron chi connectivity index (χ0n) is 28.0. The van der Waals surface area contributed by atoms with E-state index in [2.05, 4.69) is 6.92 Å². The molecule has 48 heavy (non-hydrogen) atoms. The molecule has 0 N–H and O–H groups in total. The zero-order valence-corrected chi connectivity index (χ0v) is 28.0. The summed E-state index contributed by atoms with van der Waals surface area (Å²) in [5.41, 5.74) is -4.03. The predicted molar refractivity (Wildman–Crippen MR) is 169 cm³/mol. The third kappa shape index (κ3) is 10.3. The van der Waals surface area contributed by atoms with Gasteiger partial charge in [0, 0.05) is 0 Å². The van der Waals surface area contributed by atoms with E-state index in [-0.39, 0.29) is 6.61 Å². The quantitative estimate of drug-likeness (QED) is 0.0456. The summed E-state index contributed by atoms with van der Waals surface area (Å²) >= 11 is 0. The standard InChI is InChI=1S/C37H48F8O3/c1-3-5-7-9-11-12-13-15-17-23-18-20-24(21-19-23)37(46)48-36-33(44)29(40)26(30(41)34(36)45)25-27(38)31(42)35(32(43)28(25)39)47-22-16-14-10-8-6-4-2/h23-24H,3-22H2,1-2H3/t23-,24-. The number of unbranched alkanes of at least 4 members (excludes halogenated alkanes) is 12. The largest absolute Gasteiger partial charge is 0.487 e. The molecule has 0 amide bonds. The Labute approximate surface area is 278 Å². The molecule has 2 aromatic carbocycles. The van der Waals surface area contributed by atoms with Gasteiger partial charge in [-0.2, -0.15) is 17.6 Å². The molecule has 1 aliphatic rings. The topological polar surface area (TPSA) is 35.5 Å². The van der Waals surface area contributed by atoms with Gasteiger partial charge in [-0.05, 0) is 38.0 Å². The molecule has 1 saturated carbocycles. The highest BCUT2D eigenvalue weighted by atomic mass is 19.2. The normalized spacial score (nSPS) is 16.4. The highest BCUT2D eigenvalue weighted by molar-refractivity contribution is 5.76. The Morgan fingerprint density at radius 1 is 0.521 bits per heavy atom. The van der Waals surface area contributed by atoms with Crippen molar-refractivity contribution in [3.63, 3.8) is 0 Å². The van der Waals surface area contributed by atoms with Crippen LogP contribution in [0.1, 0.15) is 136 Å². The lowest BCUT2D eigenvalue weighted by molar-refractivity contribution is -0.140. The van der Waals surface area contributed by atoms with Crippen molar-refractivity contribution >= 4 is 5.97 Å². The van der Waals surface area contributed by atoms with Gasteiger partial charge < -0.3 is 9.47 Å². The van der Waals surface area contributed by atoms with Gasteiger partial charge >= 0.3 is 5.97 Å². The molecule has 1 aliphatic carbocycles. The lowest BCUT2D eigenvalue weighted by atomic mass is 9.79. The fourth-order valence-electron chi connectivity index (χ4n) is 6.37. The summed E-state index contributed by atoms with van der Waals surface area (Å²) in [7, 11) is 0. The Morgan fingerprint density at radius 3 is 1.38 bits per heavy atom. The van der Waals surface area contributed by atoms with Crippen molar-refractivity contribution in [2.45, 2.75) is 136 Å². The van der Waals surface area contributed by atoms with Gasteiger partial charge in [0.05, 0.1) is 23.7 Å². The fraction of sp³-hybridized carbons (Fsp3) is 0.649. The van der Waals surface area contributed by atoms with Crippen LogP contribution in [0.25, 0.3) is 11.1 Å². The Morgan fingerprint density at radius 2 is 0.917 bits per heavy atom. The van der Waals surface area contributed by atoms with Crippen LogP contribution in [0.5, 0.6) is 11.5 Å². The minimum absolute atomic E-state index is 0.300. The lowest BCUT2D eigenvalue weighted by Gasteiger charge is -2.27. The maximum absolute atomic E-state index is 15.1. The van der Waals surface area contributed by atoms with E-state index in [4.69, 9.17) is 9.47 Å². The molecule has 3 rings (SSSR count). The summed E-state index contributed by atoms with van der Waals surface area (Å²) < 4.78 is 129. The van der Waals surface area contributed by atoms with E-state index in [1.165, 1.54) is 38.5 Å². The van der Waals surface area contributed by atoms with E-state index in [0.29, 0.717) is 44.4 Å². The lowest BCUT2D eigenvalue weighted by Crippen LogP contribution is -2.26. The highest BCUT2D eigenvalue weighted by Gasteiger charge is 2.37. The third-order valence-electron chi connectivity index (χ3n) is 9.29. The van der Waals surface area contributed by atoms with Gasteiger partial charge in [-0.25, -0.2) is 17.6 Å². The molecule has 270 valence electrons. The van der Waals surface area contributed by atoms with Gasteiger partial charge in [0.2, 0.25) is 29.0 Å². The molecule has 0 bridgehead atoms. The van der Waals surface area contributed by atoms with Crippen molar-refractivity contribution in [2.24, 2.45) is 11.8 Å². The molecule has 0 unspecified atom stereocenters. The molecule has 0 aromatic heterocycles. The molecule has 11 heteroatoms. The minimum Gasteiger partial charge on any atom is -0.487 e. The van der Waals surface area contributed by atoms with E-state index in [0.717, 1.165) is 44.9 Å². The summed E-state index contributed by atoms with van der Waals surface area (Å²) in [6.07, 6.45) is 17.3. The van der Waals surface area contributed by atoms with Crippen LogP contribution in [0, 0.1) is 58.4 Å². The second-order valence-corrected chi connectivity index (χ2v) is 12.9. The van der Waals surface area contributed by atoms with Crippen LogP contribution in [0.4, 0.5) is 35.1 Å². The van der Waals surface area contributed by atoms with E-state index in [1.54, 1.807) is 0 Å². The van der Waals surface area contributed by atoms with Crippen molar-refractivity contribution in [3.8, 4) is 22.6 Å². The van der Waals surface area contributed by atoms with Crippen molar-refractivity contribution in [2.75, 3.05) is 6.61 Å². The number of rotatable bonds is 20. The Balaban J connectivity index is 1.65. The molecule has 0 atom stereocenters. The van der Waals surface area contributed by atoms with Gasteiger partial charge in [0.15, 0.2) is 29.0 Å². The van der Waals surface area contributed by atoms with Gasteiger partial charge in [-0.1, -0.05) is 104 Å². The van der Waals surface area contributed by atoms with Crippen LogP contribution in [0.15, 0.2) is 0 Å². The van der Waals surface area contributed by atoms with E-state index in [9.17, 15) is 22.4 Å². The molecule has 0 radical (unpaired) electrons. The van der Waals surface area contributed by atoms with Crippen LogP contribution >= 0.6 is 0 Å². The van der Waals surface area contributed by atoms with Crippen LogP contribution < -0.4 is 9.47 Å². The van der Waals surface area contributed by atoms with Gasteiger partial charge in [0.1, 0.15) is 0 Å². The first-order chi connectivity index (χ1) is 23.0. The second-order valence-electron chi connectivity index (χ2n) is 12.9. The number of ether oxygens (including phenoxy) is 2. The first-order valence-electron chi connectivity index (χ1n) is 17.6. The predicted octanol–water partition coefficient (Wildman–Crippen LogP) is 12.4. The number of hydrogen-bond donors (Lipinski definition) is 0. The summed E-state index contributed by atoms with van der Waals surface area (Å²) in [6.45, 7) is 3.90. The van der Waals surface area contributed by atoms with Crippen molar-refractivity contribution in [1.82, 2.24) is 0 Å². The number of carbonyl (C=O) groups excluding carboxylic acids is 1. The summed E-state index contributed by atoms with van der Waals surface area (Å²) in [4.78, 5) is 12.7. The van der Waals surface area contributed by atoms with Crippen LogP contribution in [0.3, 0.4) is 0 Å². The van der Waals surface area contributed by atoms with E-state index >= 15 is 17.6 Å². The number of carbonyl (C=O) groups is 1. The zero-order chi connectivity index (χ0) is 35.2. The van der Waals surface area contributed by atoms with Gasteiger partial charge in [0.25, 0.3) is 0 Å². The average molecular weight is 693 g/mol. The smallest absolute Gasteiger partial charge is 0.314 e.